The van der Waals surface area contributed by atoms with E-state index in [4.69, 9.17) is 4.52 Å². The number of para-hydroxylation sites is 1. The molecule has 1 unspecified atom stereocenters. The number of fused-ring (bicyclic) bond motifs is 1. The van der Waals surface area contributed by atoms with E-state index in [0.29, 0.717) is 31.1 Å². The van der Waals surface area contributed by atoms with Crippen molar-refractivity contribution in [2.45, 2.75) is 23.7 Å². The molecule has 1 fully saturated rings. The summed E-state index contributed by atoms with van der Waals surface area (Å²) in [6, 6.07) is 16.2. The van der Waals surface area contributed by atoms with Gasteiger partial charge in [-0.2, -0.15) is 4.98 Å². The van der Waals surface area contributed by atoms with Gasteiger partial charge in [-0.15, -0.1) is 11.8 Å². The lowest BCUT2D eigenvalue weighted by molar-refractivity contribution is -0.117. The average Bonchev–Trinajstić information content (AvgIpc) is 3.47. The molecule has 146 valence electrons. The molecule has 6 nitrogen and oxygen atoms in total. The Bertz CT molecular complexity index is 1180. The van der Waals surface area contributed by atoms with Crippen molar-refractivity contribution in [3.8, 4) is 0 Å². The lowest BCUT2D eigenvalue weighted by Gasteiger charge is -2.16. The molecular weight excluding hydrogens is 384 g/mol. The van der Waals surface area contributed by atoms with Crippen LogP contribution in [0.15, 0.2) is 64.1 Å². The highest BCUT2D eigenvalue weighted by atomic mass is 32.2. The van der Waals surface area contributed by atoms with Crippen LogP contribution < -0.4 is 4.90 Å². The van der Waals surface area contributed by atoms with Gasteiger partial charge < -0.3 is 14.4 Å². The van der Waals surface area contributed by atoms with Crippen molar-refractivity contribution in [3.05, 3.63) is 72.0 Å². The number of anilines is 1. The summed E-state index contributed by atoms with van der Waals surface area (Å²) in [6.07, 6.45) is 4.98. The highest BCUT2D eigenvalue weighted by Crippen LogP contribution is 2.32. The number of rotatable bonds is 5. The monoisotopic (exact) mass is 404 g/mol. The van der Waals surface area contributed by atoms with Crippen molar-refractivity contribution in [2.75, 3.05) is 17.7 Å². The predicted octanol–water partition coefficient (Wildman–Crippen LogP) is 4.38. The molecule has 0 aliphatic carbocycles. The zero-order valence-corrected chi connectivity index (χ0v) is 16.8. The highest BCUT2D eigenvalue weighted by molar-refractivity contribution is 7.98. The summed E-state index contributed by atoms with van der Waals surface area (Å²) >= 11 is 1.67. The fourth-order valence-corrected chi connectivity index (χ4v) is 4.31. The van der Waals surface area contributed by atoms with Gasteiger partial charge in [0.15, 0.2) is 5.82 Å². The van der Waals surface area contributed by atoms with Gasteiger partial charge in [0, 0.05) is 46.6 Å². The molecule has 7 heteroatoms. The van der Waals surface area contributed by atoms with Crippen molar-refractivity contribution in [1.29, 1.82) is 0 Å². The van der Waals surface area contributed by atoms with Crippen LogP contribution in [0.2, 0.25) is 0 Å². The Morgan fingerprint density at radius 1 is 1.24 bits per heavy atom. The minimum atomic E-state index is -0.0547. The van der Waals surface area contributed by atoms with Crippen molar-refractivity contribution in [3.63, 3.8) is 0 Å². The summed E-state index contributed by atoms with van der Waals surface area (Å²) in [4.78, 5) is 23.4. The summed E-state index contributed by atoms with van der Waals surface area (Å²) in [7, 11) is 0. The van der Waals surface area contributed by atoms with Crippen molar-refractivity contribution in [1.82, 2.24) is 15.1 Å². The summed E-state index contributed by atoms with van der Waals surface area (Å²) < 4.78 is 5.50. The second kappa shape index (κ2) is 7.40. The number of hydrogen-bond acceptors (Lipinski definition) is 5. The summed E-state index contributed by atoms with van der Waals surface area (Å²) in [6.45, 7) is 0.572. The van der Waals surface area contributed by atoms with Gasteiger partial charge in [0.2, 0.25) is 11.8 Å². The van der Waals surface area contributed by atoms with Crippen LogP contribution >= 0.6 is 11.8 Å². The van der Waals surface area contributed by atoms with Crippen LogP contribution in [0.4, 0.5) is 5.69 Å². The zero-order chi connectivity index (χ0) is 19.8. The van der Waals surface area contributed by atoms with Crippen LogP contribution in [0.1, 0.15) is 29.6 Å². The Labute approximate surface area is 172 Å². The maximum absolute atomic E-state index is 12.6. The van der Waals surface area contributed by atoms with Gasteiger partial charge in [0.1, 0.15) is 0 Å². The molecule has 1 saturated heterocycles. The van der Waals surface area contributed by atoms with E-state index < -0.39 is 0 Å². The molecule has 1 amide bonds. The van der Waals surface area contributed by atoms with Gasteiger partial charge >= 0.3 is 0 Å². The first-order valence-electron chi connectivity index (χ1n) is 9.53. The molecule has 0 saturated carbocycles. The first-order valence-corrected chi connectivity index (χ1v) is 10.8. The Morgan fingerprint density at radius 2 is 2.14 bits per heavy atom. The standard InChI is InChI=1S/C22H20N4O2S/c1-29-17-6-4-5-16(11-17)26-13-15(10-21(26)27)22-24-20(28-25-22)9-14-12-23-19-8-3-2-7-18(14)19/h2-8,11-12,15,23H,9-10,13H2,1H3. The topological polar surface area (TPSA) is 75.0 Å². The van der Waals surface area contributed by atoms with Gasteiger partial charge in [-0.1, -0.05) is 29.4 Å². The van der Waals surface area contributed by atoms with Crippen molar-refractivity contribution in [2.24, 2.45) is 0 Å². The van der Waals surface area contributed by atoms with Crippen LogP contribution in [0, 0.1) is 0 Å². The van der Waals surface area contributed by atoms with E-state index in [1.165, 1.54) is 0 Å². The molecule has 1 aliphatic heterocycles. The number of carbonyl (C=O) groups is 1. The molecule has 3 heterocycles. The molecule has 1 aliphatic rings. The number of carbonyl (C=O) groups excluding carboxylic acids is 1. The number of hydrogen-bond donors (Lipinski definition) is 1. The lowest BCUT2D eigenvalue weighted by atomic mass is 10.1. The molecule has 29 heavy (non-hydrogen) atoms. The minimum Gasteiger partial charge on any atom is -0.361 e. The van der Waals surface area contributed by atoms with Crippen LogP contribution in [-0.2, 0) is 11.2 Å². The van der Waals surface area contributed by atoms with Gasteiger partial charge in [-0.25, -0.2) is 0 Å². The van der Waals surface area contributed by atoms with Crippen molar-refractivity contribution >= 4 is 34.3 Å². The Balaban J connectivity index is 1.33. The second-order valence-corrected chi connectivity index (χ2v) is 8.07. The molecule has 1 N–H and O–H groups in total. The van der Waals surface area contributed by atoms with Gasteiger partial charge in [-0.3, -0.25) is 4.79 Å². The molecular formula is C22H20N4O2S. The Kier molecular flexibility index (Phi) is 4.60. The third-order valence-electron chi connectivity index (χ3n) is 5.36. The van der Waals surface area contributed by atoms with E-state index in [-0.39, 0.29) is 11.8 Å². The SMILES string of the molecule is CSc1cccc(N2CC(c3noc(Cc4c[nH]c5ccccc45)n3)CC2=O)c1. The van der Waals surface area contributed by atoms with E-state index in [1.54, 1.807) is 11.8 Å². The molecule has 2 aromatic heterocycles. The van der Waals surface area contributed by atoms with Gasteiger partial charge in [-0.05, 0) is 36.1 Å². The van der Waals surface area contributed by atoms with E-state index in [0.717, 1.165) is 27.0 Å². The average molecular weight is 404 g/mol. The van der Waals surface area contributed by atoms with Gasteiger partial charge in [0.25, 0.3) is 0 Å². The molecule has 4 aromatic rings. The Morgan fingerprint density at radius 3 is 3.03 bits per heavy atom. The third kappa shape index (κ3) is 3.42. The fourth-order valence-electron chi connectivity index (χ4n) is 3.85. The maximum atomic E-state index is 12.6. The highest BCUT2D eigenvalue weighted by Gasteiger charge is 2.34. The van der Waals surface area contributed by atoms with E-state index in [1.807, 2.05) is 59.8 Å². The molecule has 0 bridgehead atoms. The number of amides is 1. The predicted molar refractivity (Wildman–Crippen MR) is 113 cm³/mol. The third-order valence-corrected chi connectivity index (χ3v) is 6.08. The smallest absolute Gasteiger partial charge is 0.231 e. The molecule has 5 rings (SSSR count). The van der Waals surface area contributed by atoms with Crippen LogP contribution in [0.5, 0.6) is 0 Å². The number of nitrogens with one attached hydrogen (secondary N) is 1. The molecule has 1 atom stereocenters. The first kappa shape index (κ1) is 18.0. The summed E-state index contributed by atoms with van der Waals surface area (Å²) in [5.74, 6) is 1.22. The number of nitrogens with zero attached hydrogens (tertiary/aromatic N) is 3. The second-order valence-electron chi connectivity index (χ2n) is 7.19. The lowest BCUT2D eigenvalue weighted by Crippen LogP contribution is -2.24. The van der Waals surface area contributed by atoms with E-state index in [9.17, 15) is 4.79 Å². The van der Waals surface area contributed by atoms with Crippen LogP contribution in [-0.4, -0.2) is 33.8 Å². The summed E-state index contributed by atoms with van der Waals surface area (Å²) in [5.41, 5.74) is 3.13. The fraction of sp³-hybridized carbons (Fsp3) is 0.227. The number of aromatic nitrogens is 3. The summed E-state index contributed by atoms with van der Waals surface area (Å²) in [5, 5.41) is 5.33. The van der Waals surface area contributed by atoms with Gasteiger partial charge in [0.05, 0.1) is 6.42 Å². The normalized spacial score (nSPS) is 16.8. The van der Waals surface area contributed by atoms with E-state index >= 15 is 0 Å². The maximum Gasteiger partial charge on any atom is 0.231 e. The minimum absolute atomic E-state index is 0.0547. The number of benzene rings is 2. The Hall–Kier alpha value is -3.06. The largest absolute Gasteiger partial charge is 0.361 e. The van der Waals surface area contributed by atoms with Crippen LogP contribution in [0.25, 0.3) is 10.9 Å². The quantitative estimate of drug-likeness (QED) is 0.500. The first-order chi connectivity index (χ1) is 14.2. The molecule has 2 aromatic carbocycles. The van der Waals surface area contributed by atoms with E-state index in [2.05, 4.69) is 21.2 Å². The molecule has 0 radical (unpaired) electrons. The van der Waals surface area contributed by atoms with Crippen molar-refractivity contribution < 1.29 is 9.32 Å². The zero-order valence-electron chi connectivity index (χ0n) is 16.0. The number of H-pyrrole nitrogens is 1. The number of aromatic amines is 1. The van der Waals surface area contributed by atoms with Crippen LogP contribution in [0.3, 0.4) is 0 Å². The molecule has 0 spiro atoms. The number of thioether (sulfide) groups is 1.